The minimum atomic E-state index is 0.268. The average Bonchev–Trinajstić information content (AvgIpc) is 2.38. The van der Waals surface area contributed by atoms with Crippen molar-refractivity contribution in [2.24, 2.45) is 11.3 Å². The molecule has 0 aromatic rings. The lowest BCUT2D eigenvalue weighted by atomic mass is 9.70. The highest BCUT2D eigenvalue weighted by atomic mass is 15.1. The van der Waals surface area contributed by atoms with Crippen LogP contribution in [0.4, 0.5) is 0 Å². The second-order valence-corrected chi connectivity index (χ2v) is 6.23. The summed E-state index contributed by atoms with van der Waals surface area (Å²) in [5.74, 6) is 0.761. The van der Waals surface area contributed by atoms with E-state index in [4.69, 9.17) is 0 Å². The maximum Gasteiger partial charge on any atom is 0.0233 e. The molecule has 1 aliphatic rings. The molecule has 0 amide bonds. The number of nitrogens with zero attached hydrogens (tertiary/aromatic N) is 1. The van der Waals surface area contributed by atoms with Gasteiger partial charge in [0.25, 0.3) is 0 Å². The second-order valence-electron chi connectivity index (χ2n) is 6.23. The molecule has 1 heteroatoms. The first-order valence-electron chi connectivity index (χ1n) is 7.24. The fourth-order valence-electron chi connectivity index (χ4n) is 2.76. The van der Waals surface area contributed by atoms with E-state index in [9.17, 15) is 0 Å². The highest BCUT2D eigenvalue weighted by molar-refractivity contribution is 5.22. The van der Waals surface area contributed by atoms with Crippen molar-refractivity contribution in [1.82, 2.24) is 4.90 Å². The number of rotatable bonds is 6. The van der Waals surface area contributed by atoms with Crippen molar-refractivity contribution in [3.8, 4) is 0 Å². The van der Waals surface area contributed by atoms with Crippen LogP contribution in [0.5, 0.6) is 0 Å². The quantitative estimate of drug-likeness (QED) is 0.498. The van der Waals surface area contributed by atoms with Gasteiger partial charge in [0.2, 0.25) is 0 Å². The number of hydrogen-bond acceptors (Lipinski definition) is 1. The molecular weight excluding hydrogens is 230 g/mol. The van der Waals surface area contributed by atoms with Gasteiger partial charge < -0.3 is 0 Å². The smallest absolute Gasteiger partial charge is 0.0233 e. The van der Waals surface area contributed by atoms with Gasteiger partial charge in [0.15, 0.2) is 0 Å². The highest BCUT2D eigenvalue weighted by Gasteiger charge is 2.32. The van der Waals surface area contributed by atoms with E-state index in [1.807, 2.05) is 12.2 Å². The largest absolute Gasteiger partial charge is 0.299 e. The van der Waals surface area contributed by atoms with Crippen LogP contribution in [0.15, 0.2) is 49.1 Å². The predicted molar refractivity (Wildman–Crippen MR) is 86.2 cm³/mol. The molecular formula is C18H29N. The van der Waals surface area contributed by atoms with Crippen molar-refractivity contribution in [3.05, 3.63) is 49.1 Å². The molecule has 1 saturated heterocycles. The highest BCUT2D eigenvalue weighted by Crippen LogP contribution is 2.39. The van der Waals surface area contributed by atoms with Crippen LogP contribution in [0.2, 0.25) is 0 Å². The van der Waals surface area contributed by atoms with Crippen LogP contribution < -0.4 is 0 Å². The second kappa shape index (κ2) is 6.91. The molecule has 1 heterocycles. The molecule has 1 fully saturated rings. The Balaban J connectivity index is 2.54. The first-order chi connectivity index (χ1) is 8.91. The van der Waals surface area contributed by atoms with Gasteiger partial charge in [-0.05, 0) is 49.8 Å². The van der Waals surface area contributed by atoms with Gasteiger partial charge in [0.1, 0.15) is 0 Å². The third-order valence-electron chi connectivity index (χ3n) is 4.71. The van der Waals surface area contributed by atoms with Crippen LogP contribution in [0, 0.1) is 11.3 Å². The van der Waals surface area contributed by atoms with Gasteiger partial charge >= 0.3 is 0 Å². The zero-order chi connectivity index (χ0) is 14.5. The lowest BCUT2D eigenvalue weighted by molar-refractivity contribution is 0.129. The molecule has 1 rings (SSSR count). The molecule has 0 aromatic carbocycles. The minimum Gasteiger partial charge on any atom is -0.299 e. The van der Waals surface area contributed by atoms with E-state index in [1.54, 1.807) is 0 Å². The van der Waals surface area contributed by atoms with E-state index < -0.39 is 0 Å². The standard InChI is InChI=1S/C18H29N/c1-7-9-16(8-2)14-19-12-10-17(11-13-19)18(5,6)15(3)4/h7-9,17H,1-3,10-14H2,4-6H3/b16-9+. The summed E-state index contributed by atoms with van der Waals surface area (Å²) in [7, 11) is 0. The molecule has 0 aromatic heterocycles. The zero-order valence-electron chi connectivity index (χ0n) is 12.9. The third kappa shape index (κ3) is 4.21. The molecule has 0 saturated carbocycles. The molecule has 1 aliphatic heterocycles. The molecule has 0 aliphatic carbocycles. The Morgan fingerprint density at radius 3 is 2.26 bits per heavy atom. The lowest BCUT2D eigenvalue weighted by Crippen LogP contribution is -2.39. The van der Waals surface area contributed by atoms with Gasteiger partial charge in [-0.3, -0.25) is 4.90 Å². The maximum absolute atomic E-state index is 4.16. The van der Waals surface area contributed by atoms with Crippen LogP contribution in [0.1, 0.15) is 33.6 Å². The summed E-state index contributed by atoms with van der Waals surface area (Å²) >= 11 is 0. The van der Waals surface area contributed by atoms with Crippen LogP contribution in [-0.2, 0) is 0 Å². The molecule has 0 spiro atoms. The fraction of sp³-hybridized carbons (Fsp3) is 0.556. The van der Waals surface area contributed by atoms with Crippen molar-refractivity contribution < 1.29 is 0 Å². The fourth-order valence-corrected chi connectivity index (χ4v) is 2.76. The topological polar surface area (TPSA) is 3.24 Å². The lowest BCUT2D eigenvalue weighted by Gasteiger charge is -2.41. The Hall–Kier alpha value is -1.08. The summed E-state index contributed by atoms with van der Waals surface area (Å²) in [6.07, 6.45) is 8.35. The molecule has 1 nitrogen and oxygen atoms in total. The van der Waals surface area contributed by atoms with Gasteiger partial charge in [-0.2, -0.15) is 0 Å². The third-order valence-corrected chi connectivity index (χ3v) is 4.71. The Morgan fingerprint density at radius 2 is 1.84 bits per heavy atom. The Morgan fingerprint density at radius 1 is 1.26 bits per heavy atom. The maximum atomic E-state index is 4.16. The van der Waals surface area contributed by atoms with E-state index in [-0.39, 0.29) is 5.41 Å². The van der Waals surface area contributed by atoms with Crippen molar-refractivity contribution in [3.63, 3.8) is 0 Å². The Bertz CT molecular complexity index is 365. The molecule has 0 bridgehead atoms. The Kier molecular flexibility index (Phi) is 5.81. The Labute approximate surface area is 119 Å². The minimum absolute atomic E-state index is 0.268. The van der Waals surface area contributed by atoms with Gasteiger partial charge in [0, 0.05) is 6.54 Å². The van der Waals surface area contributed by atoms with Gasteiger partial charge in [-0.25, -0.2) is 0 Å². The van der Waals surface area contributed by atoms with Gasteiger partial charge in [-0.15, -0.1) is 0 Å². The van der Waals surface area contributed by atoms with Gasteiger partial charge in [-0.1, -0.05) is 57.4 Å². The first kappa shape index (κ1) is 16.0. The SMILES string of the molecule is C=C/C=C(\C=C)CN1CCC(C(C)(C)C(=C)C)CC1. The summed E-state index contributed by atoms with van der Waals surface area (Å²) < 4.78 is 0. The summed E-state index contributed by atoms with van der Waals surface area (Å²) in [6, 6.07) is 0. The molecule has 0 N–H and O–H groups in total. The molecule has 106 valence electrons. The van der Waals surface area contributed by atoms with E-state index >= 15 is 0 Å². The monoisotopic (exact) mass is 259 g/mol. The van der Waals surface area contributed by atoms with Crippen molar-refractivity contribution in [2.45, 2.75) is 33.6 Å². The number of hydrogen-bond donors (Lipinski definition) is 0. The van der Waals surface area contributed by atoms with Crippen LogP contribution >= 0.6 is 0 Å². The normalized spacial score (nSPS) is 19.2. The number of likely N-dealkylation sites (tertiary alicyclic amines) is 1. The van der Waals surface area contributed by atoms with Crippen LogP contribution in [-0.4, -0.2) is 24.5 Å². The molecule has 0 radical (unpaired) electrons. The summed E-state index contributed by atoms with van der Waals surface area (Å²) in [5, 5.41) is 0. The molecule has 0 atom stereocenters. The number of piperidine rings is 1. The summed E-state index contributed by atoms with van der Waals surface area (Å²) in [6.45, 7) is 22.0. The number of allylic oxidation sites excluding steroid dienone is 3. The predicted octanol–water partition coefficient (Wildman–Crippen LogP) is 4.60. The van der Waals surface area contributed by atoms with Gasteiger partial charge in [0.05, 0.1) is 0 Å². The van der Waals surface area contributed by atoms with Crippen LogP contribution in [0.25, 0.3) is 0 Å². The van der Waals surface area contributed by atoms with Crippen molar-refractivity contribution in [1.29, 1.82) is 0 Å². The summed E-state index contributed by atoms with van der Waals surface area (Å²) in [4.78, 5) is 2.52. The van der Waals surface area contributed by atoms with E-state index in [2.05, 4.69) is 51.5 Å². The average molecular weight is 259 g/mol. The van der Waals surface area contributed by atoms with Crippen molar-refractivity contribution in [2.75, 3.05) is 19.6 Å². The molecule has 19 heavy (non-hydrogen) atoms. The molecule has 0 unspecified atom stereocenters. The van der Waals surface area contributed by atoms with E-state index in [0.717, 1.165) is 12.5 Å². The van der Waals surface area contributed by atoms with E-state index in [0.29, 0.717) is 0 Å². The van der Waals surface area contributed by atoms with E-state index in [1.165, 1.54) is 37.1 Å². The summed E-state index contributed by atoms with van der Waals surface area (Å²) in [5.41, 5.74) is 2.83. The first-order valence-corrected chi connectivity index (χ1v) is 7.24. The van der Waals surface area contributed by atoms with Crippen molar-refractivity contribution >= 4 is 0 Å². The zero-order valence-corrected chi connectivity index (χ0v) is 12.9. The van der Waals surface area contributed by atoms with Crippen LogP contribution in [0.3, 0.4) is 0 Å².